The highest BCUT2D eigenvalue weighted by Gasteiger charge is 2.18. The second-order valence-corrected chi connectivity index (χ2v) is 11.3. The molecule has 0 bridgehead atoms. The van der Waals surface area contributed by atoms with Crippen LogP contribution in [0.4, 0.5) is 5.69 Å². The standard InChI is InChI=1S/C30H32N4O3S/c1-21-10-9-11-22(2)29(21)34-23(3)18-27(24(34)4)19-31-32-30(35)26-16-14-25(15-17-26)20-33(38(5,36)37)28-12-7-6-8-13-28/h6-19H,20H2,1-5H3,(H,32,35)/b31-19+. The number of sulfonamides is 1. The average Bonchev–Trinajstić information content (AvgIpc) is 3.15. The summed E-state index contributed by atoms with van der Waals surface area (Å²) in [6.07, 6.45) is 2.84. The molecule has 1 heterocycles. The van der Waals surface area contributed by atoms with E-state index in [9.17, 15) is 13.2 Å². The normalized spacial score (nSPS) is 11.6. The fraction of sp³-hybridized carbons (Fsp3) is 0.200. The number of carbonyl (C=O) groups excluding carboxylic acids is 1. The molecule has 4 aromatic rings. The van der Waals surface area contributed by atoms with Gasteiger partial charge in [-0.25, -0.2) is 13.8 Å². The molecule has 38 heavy (non-hydrogen) atoms. The van der Waals surface area contributed by atoms with E-state index >= 15 is 0 Å². The Bertz CT molecular complexity index is 1570. The first-order valence-corrected chi connectivity index (χ1v) is 14.1. The minimum Gasteiger partial charge on any atom is -0.317 e. The maximum absolute atomic E-state index is 12.7. The number of hydrazone groups is 1. The van der Waals surface area contributed by atoms with E-state index in [4.69, 9.17) is 0 Å². The molecule has 0 saturated heterocycles. The molecule has 4 rings (SSSR count). The van der Waals surface area contributed by atoms with Gasteiger partial charge in [0.2, 0.25) is 10.0 Å². The molecular formula is C30H32N4O3S. The molecule has 0 spiro atoms. The van der Waals surface area contributed by atoms with Gasteiger partial charge in [0, 0.05) is 22.5 Å². The number of rotatable bonds is 8. The number of anilines is 1. The number of nitrogens with zero attached hydrogens (tertiary/aromatic N) is 3. The van der Waals surface area contributed by atoms with Crippen molar-refractivity contribution in [2.75, 3.05) is 10.6 Å². The quantitative estimate of drug-likeness (QED) is 0.244. The van der Waals surface area contributed by atoms with Crippen LogP contribution in [-0.2, 0) is 16.6 Å². The Morgan fingerprint density at radius 1 is 0.921 bits per heavy atom. The summed E-state index contributed by atoms with van der Waals surface area (Å²) >= 11 is 0. The summed E-state index contributed by atoms with van der Waals surface area (Å²) in [7, 11) is -3.48. The highest BCUT2D eigenvalue weighted by molar-refractivity contribution is 7.92. The maximum atomic E-state index is 12.7. The van der Waals surface area contributed by atoms with E-state index in [0.717, 1.165) is 28.2 Å². The largest absolute Gasteiger partial charge is 0.317 e. The van der Waals surface area contributed by atoms with Crippen LogP contribution in [0.1, 0.15) is 44.0 Å². The number of aryl methyl sites for hydroxylation is 3. The highest BCUT2D eigenvalue weighted by atomic mass is 32.2. The van der Waals surface area contributed by atoms with Gasteiger partial charge in [-0.3, -0.25) is 9.10 Å². The van der Waals surface area contributed by atoms with Gasteiger partial charge in [0.15, 0.2) is 0 Å². The molecule has 1 aromatic heterocycles. The molecule has 0 aliphatic carbocycles. The molecule has 0 unspecified atom stereocenters. The number of hydrogen-bond donors (Lipinski definition) is 1. The third-order valence-electron chi connectivity index (χ3n) is 6.49. The van der Waals surface area contributed by atoms with Crippen molar-refractivity contribution < 1.29 is 13.2 Å². The van der Waals surface area contributed by atoms with Crippen molar-refractivity contribution in [1.82, 2.24) is 9.99 Å². The van der Waals surface area contributed by atoms with Crippen molar-refractivity contribution in [2.45, 2.75) is 34.2 Å². The summed E-state index contributed by atoms with van der Waals surface area (Å²) in [6.45, 7) is 8.45. The molecule has 7 nitrogen and oxygen atoms in total. The van der Waals surface area contributed by atoms with Gasteiger partial charge in [0.1, 0.15) is 0 Å². The van der Waals surface area contributed by atoms with Crippen LogP contribution < -0.4 is 9.73 Å². The van der Waals surface area contributed by atoms with E-state index < -0.39 is 10.0 Å². The number of carbonyl (C=O) groups is 1. The third-order valence-corrected chi connectivity index (χ3v) is 7.63. The van der Waals surface area contributed by atoms with Crippen LogP contribution in [0.25, 0.3) is 5.69 Å². The number of aromatic nitrogens is 1. The van der Waals surface area contributed by atoms with Crippen LogP contribution in [0.15, 0.2) is 84.0 Å². The van der Waals surface area contributed by atoms with Crippen LogP contribution in [-0.4, -0.2) is 31.4 Å². The average molecular weight is 529 g/mol. The Hall–Kier alpha value is -4.17. The predicted molar refractivity (Wildman–Crippen MR) is 154 cm³/mol. The molecule has 0 fully saturated rings. The van der Waals surface area contributed by atoms with E-state index in [2.05, 4.69) is 54.1 Å². The molecule has 0 aliphatic heterocycles. The first-order valence-electron chi connectivity index (χ1n) is 12.3. The lowest BCUT2D eigenvalue weighted by molar-refractivity contribution is 0.0955. The Balaban J connectivity index is 1.46. The van der Waals surface area contributed by atoms with Crippen LogP contribution in [0, 0.1) is 27.7 Å². The van der Waals surface area contributed by atoms with Crippen molar-refractivity contribution in [2.24, 2.45) is 5.10 Å². The second kappa shape index (κ2) is 11.1. The molecule has 0 saturated carbocycles. The van der Waals surface area contributed by atoms with Crippen molar-refractivity contribution >= 4 is 27.8 Å². The molecule has 0 atom stereocenters. The summed E-state index contributed by atoms with van der Waals surface area (Å²) in [6, 6.07) is 24.0. The lowest BCUT2D eigenvalue weighted by Crippen LogP contribution is -2.29. The molecule has 1 N–H and O–H groups in total. The highest BCUT2D eigenvalue weighted by Crippen LogP contribution is 2.25. The lowest BCUT2D eigenvalue weighted by Gasteiger charge is -2.22. The summed E-state index contributed by atoms with van der Waals surface area (Å²) in [5, 5.41) is 4.19. The number of amides is 1. The smallest absolute Gasteiger partial charge is 0.271 e. The Morgan fingerprint density at radius 3 is 2.16 bits per heavy atom. The lowest BCUT2D eigenvalue weighted by atomic mass is 10.1. The molecular weight excluding hydrogens is 496 g/mol. The molecule has 0 aliphatic rings. The Labute approximate surface area is 224 Å². The van der Waals surface area contributed by atoms with E-state index in [1.807, 2.05) is 19.1 Å². The van der Waals surface area contributed by atoms with Gasteiger partial charge in [0.05, 0.1) is 30.4 Å². The first kappa shape index (κ1) is 26.9. The summed E-state index contributed by atoms with van der Waals surface area (Å²) < 4.78 is 28.2. The summed E-state index contributed by atoms with van der Waals surface area (Å²) in [5.41, 5.74) is 11.0. The van der Waals surface area contributed by atoms with Crippen molar-refractivity contribution in [1.29, 1.82) is 0 Å². The molecule has 3 aromatic carbocycles. The number of nitrogens with one attached hydrogen (secondary N) is 1. The zero-order chi connectivity index (χ0) is 27.4. The number of para-hydroxylation sites is 2. The monoisotopic (exact) mass is 528 g/mol. The molecule has 8 heteroatoms. The maximum Gasteiger partial charge on any atom is 0.271 e. The fourth-order valence-electron chi connectivity index (χ4n) is 4.57. The summed E-state index contributed by atoms with van der Waals surface area (Å²) in [4.78, 5) is 12.7. The van der Waals surface area contributed by atoms with Crippen LogP contribution >= 0.6 is 0 Å². The Kier molecular flexibility index (Phi) is 7.83. The number of benzene rings is 3. The van der Waals surface area contributed by atoms with E-state index in [1.165, 1.54) is 21.7 Å². The van der Waals surface area contributed by atoms with Crippen LogP contribution in [0.3, 0.4) is 0 Å². The summed E-state index contributed by atoms with van der Waals surface area (Å²) in [5.74, 6) is -0.348. The van der Waals surface area contributed by atoms with Gasteiger partial charge in [-0.05, 0) is 74.7 Å². The minimum absolute atomic E-state index is 0.166. The van der Waals surface area contributed by atoms with E-state index in [1.54, 1.807) is 54.7 Å². The SMILES string of the molecule is Cc1cccc(C)c1-n1c(C)cc(/C=N/NC(=O)c2ccc(CN(c3ccccc3)S(C)(=O)=O)cc2)c1C. The molecule has 196 valence electrons. The number of hydrogen-bond acceptors (Lipinski definition) is 4. The Morgan fingerprint density at radius 2 is 1.55 bits per heavy atom. The van der Waals surface area contributed by atoms with Crippen molar-refractivity contribution in [3.63, 3.8) is 0 Å². The van der Waals surface area contributed by atoms with Crippen molar-refractivity contribution in [3.05, 3.63) is 118 Å². The molecule has 0 radical (unpaired) electrons. The second-order valence-electron chi connectivity index (χ2n) is 9.40. The van der Waals surface area contributed by atoms with Crippen molar-refractivity contribution in [3.8, 4) is 5.69 Å². The van der Waals surface area contributed by atoms with Gasteiger partial charge in [-0.2, -0.15) is 5.10 Å². The predicted octanol–water partition coefficient (Wildman–Crippen LogP) is 5.44. The minimum atomic E-state index is -3.48. The van der Waals surface area contributed by atoms with Crippen LogP contribution in [0.5, 0.6) is 0 Å². The topological polar surface area (TPSA) is 83.8 Å². The van der Waals surface area contributed by atoms with Gasteiger partial charge < -0.3 is 4.57 Å². The van der Waals surface area contributed by atoms with E-state index in [-0.39, 0.29) is 12.5 Å². The first-order chi connectivity index (χ1) is 18.1. The van der Waals surface area contributed by atoms with Gasteiger partial charge in [-0.15, -0.1) is 0 Å². The fourth-order valence-corrected chi connectivity index (χ4v) is 5.46. The zero-order valence-electron chi connectivity index (χ0n) is 22.3. The molecule has 1 amide bonds. The van der Waals surface area contributed by atoms with Crippen LogP contribution in [0.2, 0.25) is 0 Å². The van der Waals surface area contributed by atoms with Gasteiger partial charge in [-0.1, -0.05) is 48.5 Å². The van der Waals surface area contributed by atoms with Gasteiger partial charge >= 0.3 is 0 Å². The third kappa shape index (κ3) is 5.86. The van der Waals surface area contributed by atoms with E-state index in [0.29, 0.717) is 11.3 Å². The van der Waals surface area contributed by atoms with Gasteiger partial charge in [0.25, 0.3) is 5.91 Å². The zero-order valence-corrected chi connectivity index (χ0v) is 23.1.